The standard InChI is InChI=1S/C28H28F2N6O3/c1-4-35-11-9-22(33-35)25-32-26(37)23(28(39)36(25)20-7-5-6-17(12-20)16(2)3)27(38)34-10-8-18(15-34)24-21(30)13-19(29)14-31-24/h5-7,9,11-14,16,18,37H,4,8,10,15H2,1-3H3. The van der Waals surface area contributed by atoms with Crippen molar-refractivity contribution in [1.29, 1.82) is 0 Å². The molecule has 0 radical (unpaired) electrons. The lowest BCUT2D eigenvalue weighted by Crippen LogP contribution is -2.36. The quantitative estimate of drug-likeness (QED) is 0.397. The van der Waals surface area contributed by atoms with Crippen molar-refractivity contribution in [2.45, 2.75) is 45.6 Å². The maximum absolute atomic E-state index is 14.3. The third-order valence-corrected chi connectivity index (χ3v) is 6.97. The fraction of sp³-hybridized carbons (Fsp3) is 0.321. The molecule has 5 rings (SSSR count). The van der Waals surface area contributed by atoms with E-state index in [0.717, 1.165) is 17.8 Å². The summed E-state index contributed by atoms with van der Waals surface area (Å²) in [5, 5.41) is 15.3. The van der Waals surface area contributed by atoms with Gasteiger partial charge in [-0.3, -0.25) is 23.8 Å². The van der Waals surface area contributed by atoms with Gasteiger partial charge in [0, 0.05) is 37.8 Å². The van der Waals surface area contributed by atoms with Crippen LogP contribution in [0, 0.1) is 11.6 Å². The molecule has 11 heteroatoms. The minimum atomic E-state index is -0.790. The predicted molar refractivity (Wildman–Crippen MR) is 140 cm³/mol. The molecule has 1 aliphatic heterocycles. The molecule has 1 amide bonds. The first-order valence-electron chi connectivity index (χ1n) is 12.8. The highest BCUT2D eigenvalue weighted by Gasteiger charge is 2.34. The van der Waals surface area contributed by atoms with Crippen molar-refractivity contribution >= 4 is 5.91 Å². The Morgan fingerprint density at radius 2 is 2.00 bits per heavy atom. The van der Waals surface area contributed by atoms with E-state index < -0.39 is 40.5 Å². The zero-order valence-electron chi connectivity index (χ0n) is 21.8. The number of carbonyl (C=O) groups excluding carboxylic acids is 1. The first-order valence-corrected chi connectivity index (χ1v) is 12.8. The van der Waals surface area contributed by atoms with E-state index in [9.17, 15) is 23.5 Å². The predicted octanol–water partition coefficient (Wildman–Crippen LogP) is 4.25. The lowest BCUT2D eigenvalue weighted by molar-refractivity contribution is 0.0784. The highest BCUT2D eigenvalue weighted by Crippen LogP contribution is 2.30. The summed E-state index contributed by atoms with van der Waals surface area (Å²) >= 11 is 0. The van der Waals surface area contributed by atoms with E-state index >= 15 is 0 Å². The lowest BCUT2D eigenvalue weighted by atomic mass is 10.0. The molecule has 0 saturated carbocycles. The molecule has 4 aromatic rings. The number of likely N-dealkylation sites (tertiary alicyclic amines) is 1. The molecule has 202 valence electrons. The number of hydrogen-bond donors (Lipinski definition) is 1. The second kappa shape index (κ2) is 10.4. The van der Waals surface area contributed by atoms with Gasteiger partial charge >= 0.3 is 0 Å². The molecular formula is C28H28F2N6O3. The van der Waals surface area contributed by atoms with Crippen molar-refractivity contribution in [2.75, 3.05) is 13.1 Å². The number of hydrogen-bond acceptors (Lipinski definition) is 6. The van der Waals surface area contributed by atoms with Crippen LogP contribution >= 0.6 is 0 Å². The van der Waals surface area contributed by atoms with Crippen LogP contribution in [0.15, 0.2) is 53.6 Å². The Labute approximate surface area is 223 Å². The van der Waals surface area contributed by atoms with Crippen LogP contribution < -0.4 is 5.56 Å². The molecular weight excluding hydrogens is 506 g/mol. The second-order valence-electron chi connectivity index (χ2n) is 9.84. The van der Waals surface area contributed by atoms with Gasteiger partial charge in [-0.05, 0) is 43.0 Å². The van der Waals surface area contributed by atoms with Gasteiger partial charge in [0.05, 0.1) is 17.6 Å². The summed E-state index contributed by atoms with van der Waals surface area (Å²) < 4.78 is 30.6. The number of aromatic hydroxyl groups is 1. The van der Waals surface area contributed by atoms with Gasteiger partial charge < -0.3 is 10.0 Å². The van der Waals surface area contributed by atoms with Gasteiger partial charge in [0.2, 0.25) is 5.88 Å². The molecule has 0 aliphatic carbocycles. The van der Waals surface area contributed by atoms with Crippen LogP contribution in [0.25, 0.3) is 17.2 Å². The molecule has 3 aromatic heterocycles. The van der Waals surface area contributed by atoms with Crippen molar-refractivity contribution < 1.29 is 18.7 Å². The average Bonchev–Trinajstić information content (AvgIpc) is 3.59. The SMILES string of the molecule is CCn1ccc(-c2nc(O)c(C(=O)N3CCC(c4ncc(F)cc4F)C3)c(=O)n2-c2cccc(C(C)C)c2)n1. The molecule has 9 nitrogen and oxygen atoms in total. The van der Waals surface area contributed by atoms with E-state index in [-0.39, 0.29) is 30.5 Å². The zero-order valence-corrected chi connectivity index (χ0v) is 21.8. The Morgan fingerprint density at radius 3 is 2.69 bits per heavy atom. The van der Waals surface area contributed by atoms with E-state index in [1.807, 2.05) is 39.0 Å². The Bertz CT molecular complexity index is 1610. The number of pyridine rings is 1. The molecule has 0 bridgehead atoms. The van der Waals surface area contributed by atoms with E-state index in [0.29, 0.717) is 24.3 Å². The molecule has 1 unspecified atom stereocenters. The van der Waals surface area contributed by atoms with Crippen LogP contribution in [-0.4, -0.2) is 53.3 Å². The average molecular weight is 535 g/mol. The number of aromatic nitrogens is 5. The van der Waals surface area contributed by atoms with Crippen LogP contribution in [0.1, 0.15) is 60.6 Å². The smallest absolute Gasteiger partial charge is 0.275 e. The Kier molecular flexibility index (Phi) is 6.98. The van der Waals surface area contributed by atoms with Gasteiger partial charge in [-0.1, -0.05) is 26.0 Å². The van der Waals surface area contributed by atoms with Crippen LogP contribution in [0.2, 0.25) is 0 Å². The normalized spacial score (nSPS) is 15.3. The van der Waals surface area contributed by atoms with Crippen molar-refractivity contribution in [3.8, 4) is 23.1 Å². The van der Waals surface area contributed by atoms with E-state index in [1.165, 1.54) is 9.47 Å². The Balaban J connectivity index is 1.59. The van der Waals surface area contributed by atoms with Crippen molar-refractivity contribution in [2.24, 2.45) is 0 Å². The van der Waals surface area contributed by atoms with Crippen LogP contribution in [0.5, 0.6) is 5.88 Å². The van der Waals surface area contributed by atoms with Gasteiger partial charge in [0.25, 0.3) is 11.5 Å². The summed E-state index contributed by atoms with van der Waals surface area (Å²) in [5.41, 5.74) is 0.629. The van der Waals surface area contributed by atoms with Gasteiger partial charge in [0.1, 0.15) is 17.3 Å². The highest BCUT2D eigenvalue weighted by molar-refractivity contribution is 5.96. The van der Waals surface area contributed by atoms with Crippen LogP contribution in [0.4, 0.5) is 8.78 Å². The summed E-state index contributed by atoms with van der Waals surface area (Å²) in [6, 6.07) is 9.77. The Morgan fingerprint density at radius 1 is 1.21 bits per heavy atom. The molecule has 0 spiro atoms. The number of rotatable bonds is 6. The zero-order chi connectivity index (χ0) is 27.8. The summed E-state index contributed by atoms with van der Waals surface area (Å²) in [6.07, 6.45) is 3.03. The molecule has 1 saturated heterocycles. The van der Waals surface area contributed by atoms with Gasteiger partial charge in [-0.15, -0.1) is 0 Å². The molecule has 1 fully saturated rings. The van der Waals surface area contributed by atoms with E-state index in [1.54, 1.807) is 23.0 Å². The van der Waals surface area contributed by atoms with E-state index in [4.69, 9.17) is 0 Å². The van der Waals surface area contributed by atoms with Gasteiger partial charge in [-0.25, -0.2) is 8.78 Å². The van der Waals surface area contributed by atoms with Gasteiger partial charge in [-0.2, -0.15) is 10.1 Å². The number of aryl methyl sites for hydroxylation is 1. The minimum absolute atomic E-state index is 0.0543. The molecule has 1 aliphatic rings. The molecule has 1 N–H and O–H groups in total. The fourth-order valence-corrected chi connectivity index (χ4v) is 4.84. The van der Waals surface area contributed by atoms with Crippen molar-refractivity contribution in [1.82, 2.24) is 29.2 Å². The highest BCUT2D eigenvalue weighted by atomic mass is 19.1. The minimum Gasteiger partial charge on any atom is -0.493 e. The third kappa shape index (κ3) is 4.91. The Hall–Kier alpha value is -4.41. The fourth-order valence-electron chi connectivity index (χ4n) is 4.84. The summed E-state index contributed by atoms with van der Waals surface area (Å²) in [7, 11) is 0. The number of benzene rings is 1. The number of halogens is 2. The summed E-state index contributed by atoms with van der Waals surface area (Å²) in [5.74, 6) is -3.22. The first-order chi connectivity index (χ1) is 18.7. The maximum atomic E-state index is 14.3. The maximum Gasteiger partial charge on any atom is 0.275 e. The first kappa shape index (κ1) is 26.2. The van der Waals surface area contributed by atoms with Crippen LogP contribution in [0.3, 0.4) is 0 Å². The number of amides is 1. The van der Waals surface area contributed by atoms with Gasteiger partial charge in [0.15, 0.2) is 11.4 Å². The van der Waals surface area contributed by atoms with Crippen molar-refractivity contribution in [3.05, 3.63) is 87.6 Å². The monoisotopic (exact) mass is 534 g/mol. The number of nitrogens with zero attached hydrogens (tertiary/aromatic N) is 6. The topological polar surface area (TPSA) is 106 Å². The van der Waals surface area contributed by atoms with E-state index in [2.05, 4.69) is 15.1 Å². The lowest BCUT2D eigenvalue weighted by Gasteiger charge is -2.19. The molecule has 1 atom stereocenters. The third-order valence-electron chi connectivity index (χ3n) is 6.97. The largest absolute Gasteiger partial charge is 0.493 e. The molecule has 39 heavy (non-hydrogen) atoms. The second-order valence-corrected chi connectivity index (χ2v) is 9.84. The van der Waals surface area contributed by atoms with Crippen LogP contribution in [-0.2, 0) is 6.54 Å². The summed E-state index contributed by atoms with van der Waals surface area (Å²) in [6.45, 7) is 6.82. The molecule has 4 heterocycles. The number of carbonyl (C=O) groups is 1. The van der Waals surface area contributed by atoms with Crippen molar-refractivity contribution in [3.63, 3.8) is 0 Å². The summed E-state index contributed by atoms with van der Waals surface area (Å²) in [4.78, 5) is 37.0. The molecule has 1 aromatic carbocycles.